The summed E-state index contributed by atoms with van der Waals surface area (Å²) < 4.78 is 41.8. The highest BCUT2D eigenvalue weighted by Crippen LogP contribution is 2.36. The zero-order chi connectivity index (χ0) is 22.3. The maximum atomic E-state index is 13.9. The summed E-state index contributed by atoms with van der Waals surface area (Å²) in [5.74, 6) is -2.78. The predicted molar refractivity (Wildman–Crippen MR) is 104 cm³/mol. The molecule has 1 aliphatic rings. The number of amides is 4. The molecule has 30 heavy (non-hydrogen) atoms. The topological polar surface area (TPSA) is 78.5 Å². The van der Waals surface area contributed by atoms with Gasteiger partial charge in [0.25, 0.3) is 17.5 Å². The van der Waals surface area contributed by atoms with Crippen molar-refractivity contribution in [3.05, 3.63) is 65.7 Å². The van der Waals surface area contributed by atoms with Crippen molar-refractivity contribution in [3.63, 3.8) is 0 Å². The number of carbonyl (C=O) groups excluding carboxylic acids is 3. The molecule has 158 valence electrons. The molecule has 0 aromatic heterocycles. The Hall–Kier alpha value is -3.36. The zero-order valence-corrected chi connectivity index (χ0v) is 16.5. The van der Waals surface area contributed by atoms with Crippen LogP contribution < -0.4 is 15.5 Å². The standard InChI is InChI=1S/C21H20F3N3O3/c1-19(2,3)14-11-9-13(10-12-14)16(28)25-20(21(22,23)24)17(29)27(18(30)26-20)15-7-5-4-6-8-15/h4-12H,1-3H3,(H,25,28)(H,26,30)/t20-/m1/s1. The van der Waals surface area contributed by atoms with Crippen LogP contribution in [0.15, 0.2) is 54.6 Å². The number of nitrogens with one attached hydrogen (secondary N) is 2. The Kier molecular flexibility index (Phi) is 5.09. The Bertz CT molecular complexity index is 983. The van der Waals surface area contributed by atoms with Crippen LogP contribution in [0.25, 0.3) is 0 Å². The molecule has 0 bridgehead atoms. The van der Waals surface area contributed by atoms with Crippen LogP contribution in [0, 0.1) is 0 Å². The first-order chi connectivity index (χ1) is 13.9. The molecule has 0 radical (unpaired) electrons. The second-order valence-electron chi connectivity index (χ2n) is 7.94. The normalized spacial score (nSPS) is 19.6. The number of anilines is 1. The first-order valence-corrected chi connectivity index (χ1v) is 9.08. The summed E-state index contributed by atoms with van der Waals surface area (Å²) in [4.78, 5) is 37.9. The lowest BCUT2D eigenvalue weighted by Crippen LogP contribution is -2.69. The van der Waals surface area contributed by atoms with E-state index in [0.29, 0.717) is 4.90 Å². The highest BCUT2D eigenvalue weighted by Gasteiger charge is 2.69. The molecule has 2 N–H and O–H groups in total. The quantitative estimate of drug-likeness (QED) is 0.745. The van der Waals surface area contributed by atoms with Crippen LogP contribution in [0.1, 0.15) is 36.7 Å². The monoisotopic (exact) mass is 419 g/mol. The van der Waals surface area contributed by atoms with Gasteiger partial charge < -0.3 is 5.32 Å². The number of urea groups is 1. The molecule has 6 nitrogen and oxygen atoms in total. The molecule has 0 saturated carbocycles. The largest absolute Gasteiger partial charge is 0.440 e. The fourth-order valence-electron chi connectivity index (χ4n) is 3.05. The van der Waals surface area contributed by atoms with Crippen molar-refractivity contribution in [2.24, 2.45) is 0 Å². The maximum absolute atomic E-state index is 13.9. The van der Waals surface area contributed by atoms with Gasteiger partial charge in [0, 0.05) is 5.56 Å². The van der Waals surface area contributed by atoms with Crippen LogP contribution >= 0.6 is 0 Å². The van der Waals surface area contributed by atoms with Gasteiger partial charge >= 0.3 is 12.2 Å². The smallest absolute Gasteiger partial charge is 0.314 e. The molecule has 1 fully saturated rings. The average Bonchev–Trinajstić information content (AvgIpc) is 2.92. The summed E-state index contributed by atoms with van der Waals surface area (Å²) in [7, 11) is 0. The molecule has 0 aliphatic carbocycles. The van der Waals surface area contributed by atoms with E-state index in [1.54, 1.807) is 28.8 Å². The van der Waals surface area contributed by atoms with Crippen LogP contribution in [0.5, 0.6) is 0 Å². The molecule has 0 unspecified atom stereocenters. The van der Waals surface area contributed by atoms with Gasteiger partial charge in [-0.1, -0.05) is 51.1 Å². The fraction of sp³-hybridized carbons (Fsp3) is 0.286. The number of halogens is 3. The second kappa shape index (κ2) is 7.16. The van der Waals surface area contributed by atoms with Gasteiger partial charge in [0.05, 0.1) is 5.69 Å². The van der Waals surface area contributed by atoms with Crippen molar-refractivity contribution in [3.8, 4) is 0 Å². The van der Waals surface area contributed by atoms with Gasteiger partial charge in [0.1, 0.15) is 0 Å². The van der Waals surface area contributed by atoms with Crippen LogP contribution in [-0.2, 0) is 10.2 Å². The van der Waals surface area contributed by atoms with Crippen molar-refractivity contribution in [2.45, 2.75) is 38.0 Å². The highest BCUT2D eigenvalue weighted by atomic mass is 19.4. The minimum atomic E-state index is -5.27. The summed E-state index contributed by atoms with van der Waals surface area (Å²) in [6, 6.07) is 11.9. The molecule has 1 saturated heterocycles. The van der Waals surface area contributed by atoms with Crippen molar-refractivity contribution >= 4 is 23.5 Å². The molecule has 2 aromatic rings. The summed E-state index contributed by atoms with van der Waals surface area (Å²) >= 11 is 0. The van der Waals surface area contributed by atoms with E-state index in [0.717, 1.165) is 5.56 Å². The number of hydrogen-bond donors (Lipinski definition) is 2. The lowest BCUT2D eigenvalue weighted by molar-refractivity contribution is -0.197. The van der Waals surface area contributed by atoms with Crippen LogP contribution in [0.4, 0.5) is 23.7 Å². The molecule has 1 atom stereocenters. The van der Waals surface area contributed by atoms with Gasteiger partial charge in [-0.15, -0.1) is 0 Å². The minimum Gasteiger partial charge on any atom is -0.314 e. The van der Waals surface area contributed by atoms with E-state index in [1.165, 1.54) is 36.4 Å². The Morgan fingerprint density at radius 1 is 0.967 bits per heavy atom. The fourth-order valence-corrected chi connectivity index (χ4v) is 3.05. The number of imide groups is 1. The minimum absolute atomic E-state index is 0.0464. The highest BCUT2D eigenvalue weighted by molar-refractivity contribution is 6.24. The molecule has 3 rings (SSSR count). The van der Waals surface area contributed by atoms with Crippen molar-refractivity contribution in [1.29, 1.82) is 0 Å². The van der Waals surface area contributed by atoms with E-state index < -0.39 is 29.7 Å². The molecule has 1 aliphatic heterocycles. The van der Waals surface area contributed by atoms with Crippen molar-refractivity contribution < 1.29 is 27.6 Å². The number of alkyl halides is 3. The van der Waals surface area contributed by atoms with E-state index in [4.69, 9.17) is 0 Å². The van der Waals surface area contributed by atoms with Gasteiger partial charge in [-0.3, -0.25) is 14.9 Å². The van der Waals surface area contributed by atoms with E-state index in [9.17, 15) is 27.6 Å². The first-order valence-electron chi connectivity index (χ1n) is 9.08. The van der Waals surface area contributed by atoms with Crippen LogP contribution in [-0.4, -0.2) is 29.7 Å². The molecular formula is C21H20F3N3O3. The van der Waals surface area contributed by atoms with Gasteiger partial charge in [0.15, 0.2) is 0 Å². The van der Waals surface area contributed by atoms with Crippen molar-refractivity contribution in [1.82, 2.24) is 10.6 Å². The Balaban J connectivity index is 1.95. The molecule has 9 heteroatoms. The number of para-hydroxylation sites is 1. The van der Waals surface area contributed by atoms with Crippen LogP contribution in [0.2, 0.25) is 0 Å². The molecule has 2 aromatic carbocycles. The number of rotatable bonds is 3. The van der Waals surface area contributed by atoms with Gasteiger partial charge in [-0.2, -0.15) is 13.2 Å². The Morgan fingerprint density at radius 3 is 2.03 bits per heavy atom. The van der Waals surface area contributed by atoms with Crippen LogP contribution in [0.3, 0.4) is 0 Å². The van der Waals surface area contributed by atoms with Gasteiger partial charge in [-0.05, 0) is 35.2 Å². The lowest BCUT2D eigenvalue weighted by Gasteiger charge is -2.30. The van der Waals surface area contributed by atoms with Gasteiger partial charge in [-0.25, -0.2) is 9.69 Å². The summed E-state index contributed by atoms with van der Waals surface area (Å²) in [5.41, 5.74) is -3.03. The number of nitrogens with zero attached hydrogens (tertiary/aromatic N) is 1. The maximum Gasteiger partial charge on any atom is 0.440 e. The lowest BCUT2D eigenvalue weighted by atomic mass is 9.86. The third kappa shape index (κ3) is 3.62. The molecule has 0 spiro atoms. The summed E-state index contributed by atoms with van der Waals surface area (Å²) in [5, 5.41) is 3.32. The molecule has 4 amide bonds. The Labute approximate surface area is 171 Å². The third-order valence-electron chi connectivity index (χ3n) is 4.78. The van der Waals surface area contributed by atoms with E-state index in [1.807, 2.05) is 20.8 Å². The first kappa shape index (κ1) is 21.4. The van der Waals surface area contributed by atoms with E-state index in [2.05, 4.69) is 0 Å². The average molecular weight is 419 g/mol. The van der Waals surface area contributed by atoms with Gasteiger partial charge in [0.2, 0.25) is 0 Å². The predicted octanol–water partition coefficient (Wildman–Crippen LogP) is 3.73. The second-order valence-corrected chi connectivity index (χ2v) is 7.94. The number of benzene rings is 2. The third-order valence-corrected chi connectivity index (χ3v) is 4.78. The zero-order valence-electron chi connectivity index (χ0n) is 16.5. The Morgan fingerprint density at radius 2 is 1.53 bits per heavy atom. The molecule has 1 heterocycles. The van der Waals surface area contributed by atoms with Crippen molar-refractivity contribution in [2.75, 3.05) is 4.90 Å². The molecular weight excluding hydrogens is 399 g/mol. The summed E-state index contributed by atoms with van der Waals surface area (Å²) in [6.45, 7) is 5.85. The SMILES string of the molecule is CC(C)(C)c1ccc(C(=O)N[C@@]2(C(F)(F)F)NC(=O)N(c3ccccc3)C2=O)cc1. The number of carbonyl (C=O) groups is 3. The number of hydrogen-bond acceptors (Lipinski definition) is 3. The summed E-state index contributed by atoms with van der Waals surface area (Å²) in [6.07, 6.45) is -5.27. The van der Waals surface area contributed by atoms with E-state index >= 15 is 0 Å². The van der Waals surface area contributed by atoms with E-state index in [-0.39, 0.29) is 16.7 Å².